The summed E-state index contributed by atoms with van der Waals surface area (Å²) in [6, 6.07) is 9.97. The van der Waals surface area contributed by atoms with Gasteiger partial charge in [0.25, 0.3) is 0 Å². The third-order valence-corrected chi connectivity index (χ3v) is 8.01. The van der Waals surface area contributed by atoms with Gasteiger partial charge in [-0.05, 0) is 73.5 Å². The van der Waals surface area contributed by atoms with Crippen LogP contribution in [0, 0.1) is 35.0 Å². The van der Waals surface area contributed by atoms with Crippen LogP contribution in [0.25, 0.3) is 0 Å². The Labute approximate surface area is 173 Å². The molecule has 5 fully saturated rings. The number of hydrogen-bond donors (Lipinski definition) is 1. The van der Waals surface area contributed by atoms with Crippen molar-refractivity contribution in [2.45, 2.75) is 57.2 Å². The van der Waals surface area contributed by atoms with E-state index in [2.05, 4.69) is 16.3 Å². The van der Waals surface area contributed by atoms with Gasteiger partial charge in [-0.3, -0.25) is 9.69 Å². The molecule has 154 valence electrons. The number of nitriles is 1. The zero-order valence-electron chi connectivity index (χ0n) is 17.1. The average molecular weight is 394 g/mol. The van der Waals surface area contributed by atoms with Gasteiger partial charge in [-0.25, -0.2) is 0 Å². The van der Waals surface area contributed by atoms with Crippen LogP contribution in [-0.2, 0) is 16.1 Å². The molecule has 1 heterocycles. The molecule has 6 atom stereocenters. The number of morpholine rings is 1. The Kier molecular flexibility index (Phi) is 5.32. The maximum atomic E-state index is 13.3. The van der Waals surface area contributed by atoms with Crippen LogP contribution in [0.3, 0.4) is 0 Å². The lowest BCUT2D eigenvalue weighted by Crippen LogP contribution is -2.59. The first-order valence-corrected chi connectivity index (χ1v) is 11.3. The Morgan fingerprint density at radius 3 is 2.79 bits per heavy atom. The van der Waals surface area contributed by atoms with Crippen molar-refractivity contribution in [2.75, 3.05) is 19.8 Å². The number of carbonyl (C=O) groups excluding carboxylic acids is 1. The summed E-state index contributed by atoms with van der Waals surface area (Å²) in [7, 11) is 0. The molecule has 1 aromatic rings. The van der Waals surface area contributed by atoms with E-state index in [0.29, 0.717) is 37.3 Å². The number of benzene rings is 1. The summed E-state index contributed by atoms with van der Waals surface area (Å²) >= 11 is 0. The molecule has 29 heavy (non-hydrogen) atoms. The molecule has 1 aromatic carbocycles. The second-order valence-electron chi connectivity index (χ2n) is 9.56. The molecule has 0 spiro atoms. The molecule has 0 aromatic heterocycles. The van der Waals surface area contributed by atoms with E-state index in [9.17, 15) is 4.79 Å². The zero-order valence-corrected chi connectivity index (χ0v) is 17.1. The van der Waals surface area contributed by atoms with Gasteiger partial charge in [0.2, 0.25) is 5.91 Å². The summed E-state index contributed by atoms with van der Waals surface area (Å²) in [6.07, 6.45) is 7.99. The molecule has 4 aliphatic carbocycles. The van der Waals surface area contributed by atoms with E-state index in [0.717, 1.165) is 36.3 Å². The van der Waals surface area contributed by atoms with Crippen molar-refractivity contribution in [1.29, 1.82) is 5.26 Å². The smallest absolute Gasteiger partial charge is 0.239 e. The second kappa shape index (κ2) is 8.08. The first-order chi connectivity index (χ1) is 14.2. The van der Waals surface area contributed by atoms with E-state index in [1.54, 1.807) is 0 Å². The highest BCUT2D eigenvalue weighted by Crippen LogP contribution is 2.54. The maximum absolute atomic E-state index is 13.3. The third-order valence-electron chi connectivity index (χ3n) is 8.01. The van der Waals surface area contributed by atoms with Gasteiger partial charge < -0.3 is 10.1 Å². The lowest BCUT2D eigenvalue weighted by Gasteiger charge is -2.54. The predicted octanol–water partition coefficient (Wildman–Crippen LogP) is 3.09. The molecule has 4 bridgehead atoms. The van der Waals surface area contributed by atoms with Crippen molar-refractivity contribution >= 4 is 5.91 Å². The normalized spacial score (nSPS) is 36.4. The molecule has 6 unspecified atom stereocenters. The minimum Gasteiger partial charge on any atom is -0.378 e. The topological polar surface area (TPSA) is 65.4 Å². The molecular formula is C24H31N3O2. The van der Waals surface area contributed by atoms with Crippen LogP contribution in [0.5, 0.6) is 0 Å². The largest absolute Gasteiger partial charge is 0.378 e. The van der Waals surface area contributed by atoms with Crippen LogP contribution in [0.1, 0.15) is 49.7 Å². The number of nitrogens with zero attached hydrogens (tertiary/aromatic N) is 2. The summed E-state index contributed by atoms with van der Waals surface area (Å²) in [5.74, 6) is 3.51. The van der Waals surface area contributed by atoms with Crippen molar-refractivity contribution in [1.82, 2.24) is 10.2 Å². The highest BCUT2D eigenvalue weighted by molar-refractivity contribution is 5.82. The minimum atomic E-state index is -0.224. The number of ether oxygens (including phenoxy) is 1. The van der Waals surface area contributed by atoms with Gasteiger partial charge in [0.15, 0.2) is 0 Å². The zero-order chi connectivity index (χ0) is 19.8. The van der Waals surface area contributed by atoms with Crippen LogP contribution in [0.2, 0.25) is 0 Å². The Hall–Kier alpha value is -1.90. The Balaban J connectivity index is 1.24. The monoisotopic (exact) mass is 393 g/mol. The molecule has 4 saturated carbocycles. The van der Waals surface area contributed by atoms with Crippen molar-refractivity contribution in [2.24, 2.45) is 23.7 Å². The Bertz CT molecular complexity index is 786. The minimum absolute atomic E-state index is 0.142. The first kappa shape index (κ1) is 19.1. The summed E-state index contributed by atoms with van der Waals surface area (Å²) in [6.45, 7) is 2.61. The van der Waals surface area contributed by atoms with Crippen molar-refractivity contribution in [3.8, 4) is 6.07 Å². The Morgan fingerprint density at radius 2 is 2.00 bits per heavy atom. The van der Waals surface area contributed by atoms with E-state index in [1.807, 2.05) is 24.3 Å². The fourth-order valence-electron chi connectivity index (χ4n) is 6.57. The number of amides is 1. The predicted molar refractivity (Wildman–Crippen MR) is 110 cm³/mol. The van der Waals surface area contributed by atoms with E-state index in [1.165, 1.54) is 32.1 Å². The van der Waals surface area contributed by atoms with Gasteiger partial charge in [0.1, 0.15) is 6.04 Å². The molecule has 0 radical (unpaired) electrons. The number of rotatable bonds is 4. The van der Waals surface area contributed by atoms with E-state index in [-0.39, 0.29) is 11.9 Å². The number of hydrogen-bond acceptors (Lipinski definition) is 4. The Morgan fingerprint density at radius 1 is 1.14 bits per heavy atom. The highest BCUT2D eigenvalue weighted by Gasteiger charge is 2.48. The van der Waals surface area contributed by atoms with Crippen molar-refractivity contribution in [3.05, 3.63) is 35.4 Å². The van der Waals surface area contributed by atoms with E-state index < -0.39 is 0 Å². The fraction of sp³-hybridized carbons (Fsp3) is 0.667. The molecule has 1 amide bonds. The SMILES string of the molecule is N#Cc1ccc(CN2CCOCC2C(=O)NC2CCC3CC4CCC3C2C4)cc1. The van der Waals surface area contributed by atoms with Crippen molar-refractivity contribution in [3.63, 3.8) is 0 Å². The number of nitrogens with one attached hydrogen (secondary N) is 1. The summed E-state index contributed by atoms with van der Waals surface area (Å²) in [5, 5.41) is 12.5. The van der Waals surface area contributed by atoms with Gasteiger partial charge in [-0.1, -0.05) is 18.6 Å². The fourth-order valence-corrected chi connectivity index (χ4v) is 6.57. The molecule has 1 N–H and O–H groups in total. The van der Waals surface area contributed by atoms with Gasteiger partial charge in [0.05, 0.1) is 24.8 Å². The average Bonchev–Trinajstić information content (AvgIpc) is 2.77. The first-order valence-electron chi connectivity index (χ1n) is 11.3. The molecule has 1 aliphatic heterocycles. The highest BCUT2D eigenvalue weighted by atomic mass is 16.5. The molecular weight excluding hydrogens is 362 g/mol. The number of carbonyl (C=O) groups is 1. The molecule has 5 heteroatoms. The lowest BCUT2D eigenvalue weighted by molar-refractivity contribution is -0.135. The van der Waals surface area contributed by atoms with Crippen LogP contribution in [-0.4, -0.2) is 42.6 Å². The molecule has 5 nitrogen and oxygen atoms in total. The van der Waals surface area contributed by atoms with Crippen LogP contribution < -0.4 is 5.32 Å². The third kappa shape index (κ3) is 3.81. The summed E-state index contributed by atoms with van der Waals surface area (Å²) < 4.78 is 5.68. The maximum Gasteiger partial charge on any atom is 0.239 e. The van der Waals surface area contributed by atoms with Crippen LogP contribution in [0.4, 0.5) is 0 Å². The molecule has 1 saturated heterocycles. The summed E-state index contributed by atoms with van der Waals surface area (Å²) in [4.78, 5) is 15.5. The van der Waals surface area contributed by atoms with E-state index >= 15 is 0 Å². The van der Waals surface area contributed by atoms with Gasteiger partial charge in [-0.15, -0.1) is 0 Å². The quantitative estimate of drug-likeness (QED) is 0.854. The van der Waals surface area contributed by atoms with Gasteiger partial charge in [0, 0.05) is 19.1 Å². The van der Waals surface area contributed by atoms with Gasteiger partial charge >= 0.3 is 0 Å². The second-order valence-corrected chi connectivity index (χ2v) is 9.56. The summed E-state index contributed by atoms with van der Waals surface area (Å²) in [5.41, 5.74) is 1.80. The van der Waals surface area contributed by atoms with Crippen LogP contribution in [0.15, 0.2) is 24.3 Å². The standard InChI is InChI=1S/C24H31N3O2/c25-13-16-1-3-17(4-2-16)14-27-9-10-29-15-23(27)24(28)26-22-8-6-19-11-18-5-7-20(19)21(22)12-18/h1-4,18-23H,5-12,14-15H2,(H,26,28). The van der Waals surface area contributed by atoms with E-state index in [4.69, 9.17) is 10.00 Å². The van der Waals surface area contributed by atoms with Crippen molar-refractivity contribution < 1.29 is 9.53 Å². The lowest BCUT2D eigenvalue weighted by atomic mass is 9.53. The van der Waals surface area contributed by atoms with Crippen LogP contribution >= 0.6 is 0 Å². The molecule has 5 aliphatic rings. The molecule has 6 rings (SSSR count). The van der Waals surface area contributed by atoms with Gasteiger partial charge in [-0.2, -0.15) is 5.26 Å². The number of fused-ring (bicyclic) bond motifs is 1.